The number of carbonyl (C=O) groups excluding carboxylic acids is 1. The van der Waals surface area contributed by atoms with Gasteiger partial charge in [0.1, 0.15) is 23.9 Å². The third kappa shape index (κ3) is 5.56. The van der Waals surface area contributed by atoms with Gasteiger partial charge >= 0.3 is 0 Å². The lowest BCUT2D eigenvalue weighted by Gasteiger charge is -2.32. The number of hydrogen-bond acceptors (Lipinski definition) is 6. The zero-order valence-corrected chi connectivity index (χ0v) is 23.2. The summed E-state index contributed by atoms with van der Waals surface area (Å²) < 4.78 is 2.16. The number of aryl methyl sites for hydroxylation is 4. The van der Waals surface area contributed by atoms with Crippen LogP contribution in [0.3, 0.4) is 0 Å². The molecule has 38 heavy (non-hydrogen) atoms. The first-order chi connectivity index (χ1) is 18.3. The Balaban J connectivity index is 1.56. The van der Waals surface area contributed by atoms with Gasteiger partial charge in [0.15, 0.2) is 0 Å². The molecule has 0 unspecified atom stereocenters. The monoisotopic (exact) mass is 531 g/mol. The Bertz CT molecular complexity index is 1410. The highest BCUT2D eigenvalue weighted by molar-refractivity contribution is 6.27. The summed E-state index contributed by atoms with van der Waals surface area (Å²) in [6, 6.07) is 13.0. The van der Waals surface area contributed by atoms with Gasteiger partial charge in [-0.05, 0) is 50.1 Å². The van der Waals surface area contributed by atoms with Crippen LogP contribution in [0.15, 0.2) is 48.9 Å². The van der Waals surface area contributed by atoms with Gasteiger partial charge in [0.25, 0.3) is 0 Å². The molecule has 1 aliphatic rings. The quantitative estimate of drug-likeness (QED) is 0.347. The highest BCUT2D eigenvalue weighted by Gasteiger charge is 2.35. The number of carbonyl (C=O) groups is 1. The summed E-state index contributed by atoms with van der Waals surface area (Å²) in [4.78, 5) is 26.2. The molecule has 0 N–H and O–H groups in total. The summed E-state index contributed by atoms with van der Waals surface area (Å²) in [5, 5.41) is 11.2. The SMILES string of the molecule is Cc1ccc2c(CN3C[C@@H](Cc4ccncn4)N(C(=O)CCl)C[C@H](n4c(C)nnc4C)C3)cc(C)cc2c1. The van der Waals surface area contributed by atoms with Crippen LogP contribution >= 0.6 is 11.6 Å². The summed E-state index contributed by atoms with van der Waals surface area (Å²) >= 11 is 6.14. The first-order valence-electron chi connectivity index (χ1n) is 13.0. The number of benzene rings is 2. The summed E-state index contributed by atoms with van der Waals surface area (Å²) in [6.45, 7) is 11.0. The number of rotatable bonds is 6. The zero-order valence-electron chi connectivity index (χ0n) is 22.4. The second kappa shape index (κ2) is 11.2. The van der Waals surface area contributed by atoms with E-state index in [4.69, 9.17) is 11.6 Å². The van der Waals surface area contributed by atoms with Crippen molar-refractivity contribution in [2.45, 2.75) is 52.7 Å². The van der Waals surface area contributed by atoms with E-state index in [1.54, 1.807) is 12.5 Å². The van der Waals surface area contributed by atoms with Crippen LogP contribution in [0.25, 0.3) is 10.8 Å². The summed E-state index contributed by atoms with van der Waals surface area (Å²) in [6.07, 6.45) is 3.94. The van der Waals surface area contributed by atoms with Crippen LogP contribution in [0.1, 0.15) is 40.1 Å². The van der Waals surface area contributed by atoms with Crippen LogP contribution in [0.2, 0.25) is 0 Å². The summed E-state index contributed by atoms with van der Waals surface area (Å²) in [5.41, 5.74) is 4.69. The summed E-state index contributed by atoms with van der Waals surface area (Å²) in [7, 11) is 0. The number of aromatic nitrogens is 5. The topological polar surface area (TPSA) is 80.0 Å². The molecule has 1 aliphatic heterocycles. The molecule has 198 valence electrons. The van der Waals surface area contributed by atoms with Gasteiger partial charge in [-0.15, -0.1) is 21.8 Å². The van der Waals surface area contributed by atoms with E-state index >= 15 is 0 Å². The molecule has 2 aromatic carbocycles. The third-order valence-corrected chi connectivity index (χ3v) is 7.67. The predicted molar refractivity (Wildman–Crippen MR) is 149 cm³/mol. The fourth-order valence-electron chi connectivity index (χ4n) is 5.84. The Morgan fingerprint density at radius 2 is 1.74 bits per heavy atom. The Labute approximate surface area is 228 Å². The molecule has 8 nitrogen and oxygen atoms in total. The van der Waals surface area contributed by atoms with Crippen molar-refractivity contribution in [1.29, 1.82) is 0 Å². The number of hydrogen-bond donors (Lipinski definition) is 0. The molecule has 9 heteroatoms. The number of alkyl halides is 1. The smallest absolute Gasteiger partial charge is 0.237 e. The molecule has 5 rings (SSSR count). The van der Waals surface area contributed by atoms with Crippen LogP contribution in [0, 0.1) is 27.7 Å². The van der Waals surface area contributed by atoms with E-state index in [2.05, 4.69) is 73.8 Å². The van der Waals surface area contributed by atoms with Gasteiger partial charge in [0.2, 0.25) is 5.91 Å². The van der Waals surface area contributed by atoms with Gasteiger partial charge in [-0.2, -0.15) is 0 Å². The molecule has 0 bridgehead atoms. The highest BCUT2D eigenvalue weighted by atomic mass is 35.5. The average molecular weight is 532 g/mol. The largest absolute Gasteiger partial charge is 0.335 e. The van der Waals surface area contributed by atoms with Crippen molar-refractivity contribution in [3.8, 4) is 0 Å². The minimum Gasteiger partial charge on any atom is -0.335 e. The molecule has 1 fully saturated rings. The van der Waals surface area contributed by atoms with Crippen LogP contribution in [-0.4, -0.2) is 72.0 Å². The second-order valence-corrected chi connectivity index (χ2v) is 10.7. The van der Waals surface area contributed by atoms with E-state index in [1.807, 2.05) is 24.8 Å². The van der Waals surface area contributed by atoms with Gasteiger partial charge in [-0.3, -0.25) is 9.69 Å². The molecule has 2 aromatic heterocycles. The molecule has 0 radical (unpaired) electrons. The second-order valence-electron chi connectivity index (χ2n) is 10.4. The molecule has 1 amide bonds. The van der Waals surface area contributed by atoms with Gasteiger partial charge in [0, 0.05) is 44.5 Å². The Morgan fingerprint density at radius 1 is 0.974 bits per heavy atom. The van der Waals surface area contributed by atoms with Crippen molar-refractivity contribution in [2.24, 2.45) is 0 Å². The molecule has 3 heterocycles. The van der Waals surface area contributed by atoms with Crippen molar-refractivity contribution < 1.29 is 4.79 Å². The third-order valence-electron chi connectivity index (χ3n) is 7.44. The fraction of sp³-hybridized carbons (Fsp3) is 0.414. The first kappa shape index (κ1) is 26.3. The lowest BCUT2D eigenvalue weighted by molar-refractivity contribution is -0.131. The zero-order chi connectivity index (χ0) is 26.8. The van der Waals surface area contributed by atoms with Crippen LogP contribution < -0.4 is 0 Å². The van der Waals surface area contributed by atoms with Crippen molar-refractivity contribution in [1.82, 2.24) is 34.5 Å². The lowest BCUT2D eigenvalue weighted by Crippen LogP contribution is -2.47. The number of fused-ring (bicyclic) bond motifs is 1. The van der Waals surface area contributed by atoms with E-state index in [0.717, 1.165) is 30.4 Å². The number of halogens is 1. The highest BCUT2D eigenvalue weighted by Crippen LogP contribution is 2.28. The maximum atomic E-state index is 13.2. The van der Waals surface area contributed by atoms with E-state index in [-0.39, 0.29) is 23.9 Å². The van der Waals surface area contributed by atoms with Gasteiger partial charge in [-0.25, -0.2) is 9.97 Å². The minimum absolute atomic E-state index is 0.00844. The Kier molecular flexibility index (Phi) is 7.72. The first-order valence-corrected chi connectivity index (χ1v) is 13.6. The van der Waals surface area contributed by atoms with Crippen molar-refractivity contribution >= 4 is 28.3 Å². The Morgan fingerprint density at radius 3 is 2.45 bits per heavy atom. The van der Waals surface area contributed by atoms with Crippen LogP contribution in [0.5, 0.6) is 0 Å². The maximum absolute atomic E-state index is 13.2. The molecule has 0 aliphatic carbocycles. The van der Waals surface area contributed by atoms with E-state index in [0.29, 0.717) is 19.5 Å². The maximum Gasteiger partial charge on any atom is 0.237 e. The predicted octanol–water partition coefficient (Wildman–Crippen LogP) is 4.19. The molecule has 0 saturated carbocycles. The van der Waals surface area contributed by atoms with E-state index in [1.165, 1.54) is 27.5 Å². The number of nitrogens with zero attached hydrogens (tertiary/aromatic N) is 7. The molecule has 2 atom stereocenters. The minimum atomic E-state index is -0.0865. The standard InChI is InChI=1S/C29H34ClN7O/c1-19-5-6-28-23(9-19)10-20(2)11-24(28)14-35-15-26(12-25-7-8-31-18-32-25)36(29(38)13-30)17-27(16-35)37-21(3)33-34-22(37)4/h5-11,18,26-27H,12-17H2,1-4H3/t26-,27-/m1/s1. The van der Waals surface area contributed by atoms with Crippen LogP contribution in [0.4, 0.5) is 0 Å². The molecular weight excluding hydrogens is 498 g/mol. The van der Waals surface area contributed by atoms with Crippen molar-refractivity contribution in [3.05, 3.63) is 83.0 Å². The molecule has 1 saturated heterocycles. The molecule has 0 spiro atoms. The molecular formula is C29H34ClN7O. The average Bonchev–Trinajstić information content (AvgIpc) is 3.13. The van der Waals surface area contributed by atoms with Crippen molar-refractivity contribution in [2.75, 3.05) is 25.5 Å². The van der Waals surface area contributed by atoms with Crippen LogP contribution in [-0.2, 0) is 17.8 Å². The molecule has 4 aromatic rings. The van der Waals surface area contributed by atoms with Gasteiger partial charge in [-0.1, -0.05) is 41.5 Å². The van der Waals surface area contributed by atoms with Crippen molar-refractivity contribution in [3.63, 3.8) is 0 Å². The fourth-order valence-corrected chi connectivity index (χ4v) is 6.00. The van der Waals surface area contributed by atoms with Gasteiger partial charge < -0.3 is 9.47 Å². The number of amides is 1. The normalized spacial score (nSPS) is 18.6. The van der Waals surface area contributed by atoms with E-state index < -0.39 is 0 Å². The van der Waals surface area contributed by atoms with E-state index in [9.17, 15) is 4.79 Å². The Hall–Kier alpha value is -3.36. The summed E-state index contributed by atoms with van der Waals surface area (Å²) in [5.74, 6) is 1.56. The van der Waals surface area contributed by atoms with Gasteiger partial charge in [0.05, 0.1) is 12.1 Å². The lowest BCUT2D eigenvalue weighted by atomic mass is 9.99.